The Bertz CT molecular complexity index is 258. The Morgan fingerprint density at radius 1 is 1.64 bits per heavy atom. The maximum Gasteiger partial charge on any atom is 0.148 e. The van der Waals surface area contributed by atoms with E-state index in [-0.39, 0.29) is 6.61 Å². The first-order valence-corrected chi connectivity index (χ1v) is 3.44. The third kappa shape index (κ3) is 2.53. The summed E-state index contributed by atoms with van der Waals surface area (Å²) in [6.07, 6.45) is 4.99. The van der Waals surface area contributed by atoms with E-state index in [9.17, 15) is 0 Å². The van der Waals surface area contributed by atoms with E-state index < -0.39 is 0 Å². The molecule has 0 aliphatic carbocycles. The molecule has 0 unspecified atom stereocenters. The number of halogens is 1. The van der Waals surface area contributed by atoms with Crippen LogP contribution in [0.1, 0.15) is 0 Å². The van der Waals surface area contributed by atoms with Crippen molar-refractivity contribution in [1.82, 2.24) is 0 Å². The maximum absolute atomic E-state index is 5.62. The zero-order valence-electron chi connectivity index (χ0n) is 5.80. The molecule has 1 nitrogen and oxygen atoms in total. The van der Waals surface area contributed by atoms with Gasteiger partial charge in [0.25, 0.3) is 0 Å². The molecule has 1 radical (unpaired) electrons. The molecule has 55 valence electrons. The molecule has 0 aliphatic rings. The van der Waals surface area contributed by atoms with Crippen LogP contribution in [0.3, 0.4) is 0 Å². The van der Waals surface area contributed by atoms with Crippen LogP contribution < -0.4 is 4.74 Å². The second-order valence-electron chi connectivity index (χ2n) is 1.86. The molecule has 0 aliphatic heterocycles. The molecule has 0 N–H and O–H groups in total. The second-order valence-corrected chi connectivity index (χ2v) is 2.30. The van der Waals surface area contributed by atoms with Crippen LogP contribution in [-0.2, 0) is 0 Å². The van der Waals surface area contributed by atoms with Crippen LogP contribution in [0.5, 0.6) is 5.75 Å². The molecule has 11 heavy (non-hydrogen) atoms. The van der Waals surface area contributed by atoms with Gasteiger partial charge in [0.2, 0.25) is 0 Å². The van der Waals surface area contributed by atoms with Crippen LogP contribution in [-0.4, -0.2) is 6.61 Å². The molecular weight excluding hydrogens is 160 g/mol. The highest BCUT2D eigenvalue weighted by molar-refractivity contribution is 6.30. The SMILES string of the molecule is C#CCOc1[c]cc(Cl)cc1. The van der Waals surface area contributed by atoms with Crippen molar-refractivity contribution in [2.24, 2.45) is 0 Å². The van der Waals surface area contributed by atoms with Crippen molar-refractivity contribution >= 4 is 11.6 Å². The predicted molar refractivity (Wildman–Crippen MR) is 44.6 cm³/mol. The largest absolute Gasteiger partial charge is 0.480 e. The highest BCUT2D eigenvalue weighted by atomic mass is 35.5. The van der Waals surface area contributed by atoms with Crippen molar-refractivity contribution in [3.63, 3.8) is 0 Å². The van der Waals surface area contributed by atoms with Gasteiger partial charge in [-0.25, -0.2) is 0 Å². The van der Waals surface area contributed by atoms with Gasteiger partial charge < -0.3 is 4.74 Å². The minimum absolute atomic E-state index is 0.262. The molecule has 1 aromatic carbocycles. The van der Waals surface area contributed by atoms with Crippen molar-refractivity contribution in [3.05, 3.63) is 29.3 Å². The minimum atomic E-state index is 0.262. The van der Waals surface area contributed by atoms with E-state index in [0.717, 1.165) is 0 Å². The normalized spacial score (nSPS) is 8.73. The van der Waals surface area contributed by atoms with Gasteiger partial charge in [-0.15, -0.1) is 6.42 Å². The van der Waals surface area contributed by atoms with Crippen molar-refractivity contribution in [1.29, 1.82) is 0 Å². The van der Waals surface area contributed by atoms with Gasteiger partial charge in [0.1, 0.15) is 12.4 Å². The van der Waals surface area contributed by atoms with Crippen molar-refractivity contribution < 1.29 is 4.74 Å². The number of hydrogen-bond donors (Lipinski definition) is 0. The van der Waals surface area contributed by atoms with Gasteiger partial charge in [0.05, 0.1) is 0 Å². The van der Waals surface area contributed by atoms with Crippen LogP contribution in [0.4, 0.5) is 0 Å². The standard InChI is InChI=1S/C9H6ClO/c1-2-7-11-9-5-3-8(10)4-6-9/h1,3-5H,7H2. The molecule has 0 atom stereocenters. The summed E-state index contributed by atoms with van der Waals surface area (Å²) >= 11 is 5.62. The summed E-state index contributed by atoms with van der Waals surface area (Å²) < 4.78 is 5.06. The van der Waals surface area contributed by atoms with E-state index in [2.05, 4.69) is 12.0 Å². The Kier molecular flexibility index (Phi) is 2.83. The number of ether oxygens (including phenoxy) is 1. The van der Waals surface area contributed by atoms with Crippen LogP contribution >= 0.6 is 11.6 Å². The van der Waals surface area contributed by atoms with Gasteiger partial charge in [0.15, 0.2) is 0 Å². The smallest absolute Gasteiger partial charge is 0.148 e. The lowest BCUT2D eigenvalue weighted by Gasteiger charge is -1.99. The van der Waals surface area contributed by atoms with Crippen LogP contribution in [0.2, 0.25) is 5.02 Å². The van der Waals surface area contributed by atoms with Gasteiger partial charge in [0, 0.05) is 11.1 Å². The van der Waals surface area contributed by atoms with Crippen LogP contribution in [0, 0.1) is 18.4 Å². The van der Waals surface area contributed by atoms with Gasteiger partial charge in [-0.2, -0.15) is 0 Å². The molecule has 0 aromatic heterocycles. The lowest BCUT2D eigenvalue weighted by molar-refractivity contribution is 0.369. The van der Waals surface area contributed by atoms with Crippen LogP contribution in [0.25, 0.3) is 0 Å². The Morgan fingerprint density at radius 3 is 3.00 bits per heavy atom. The van der Waals surface area contributed by atoms with E-state index in [0.29, 0.717) is 10.8 Å². The van der Waals surface area contributed by atoms with Crippen molar-refractivity contribution in [2.45, 2.75) is 0 Å². The molecule has 0 amide bonds. The topological polar surface area (TPSA) is 9.23 Å². The minimum Gasteiger partial charge on any atom is -0.480 e. The fourth-order valence-corrected chi connectivity index (χ4v) is 0.718. The molecule has 0 saturated carbocycles. The average Bonchev–Trinajstić information content (AvgIpc) is 2.04. The summed E-state index contributed by atoms with van der Waals surface area (Å²) in [6.45, 7) is 0.262. The fourth-order valence-electron chi connectivity index (χ4n) is 0.601. The molecule has 0 saturated heterocycles. The number of rotatable bonds is 2. The van der Waals surface area contributed by atoms with Crippen LogP contribution in [0.15, 0.2) is 18.2 Å². The number of terminal acetylenes is 1. The quantitative estimate of drug-likeness (QED) is 0.611. The van der Waals surface area contributed by atoms with E-state index in [1.807, 2.05) is 0 Å². The summed E-state index contributed by atoms with van der Waals surface area (Å²) in [5, 5.41) is 0.637. The first-order chi connectivity index (χ1) is 5.33. The molecule has 2 heteroatoms. The third-order valence-corrected chi connectivity index (χ3v) is 1.29. The monoisotopic (exact) mass is 165 g/mol. The summed E-state index contributed by atoms with van der Waals surface area (Å²) in [6, 6.07) is 7.90. The molecule has 0 heterocycles. The zero-order chi connectivity index (χ0) is 8.10. The predicted octanol–water partition coefficient (Wildman–Crippen LogP) is 2.15. The Morgan fingerprint density at radius 2 is 2.45 bits per heavy atom. The van der Waals surface area contributed by atoms with Gasteiger partial charge in [-0.3, -0.25) is 0 Å². The molecule has 0 spiro atoms. The highest BCUT2D eigenvalue weighted by Crippen LogP contribution is 2.14. The Labute approximate surface area is 70.9 Å². The summed E-state index contributed by atoms with van der Waals surface area (Å²) in [5.74, 6) is 2.97. The molecule has 1 rings (SSSR count). The Hall–Kier alpha value is -1.13. The first-order valence-electron chi connectivity index (χ1n) is 3.06. The maximum atomic E-state index is 5.62. The zero-order valence-corrected chi connectivity index (χ0v) is 6.56. The Balaban J connectivity index is 2.60. The summed E-state index contributed by atoms with van der Waals surface area (Å²) in [5.41, 5.74) is 0. The summed E-state index contributed by atoms with van der Waals surface area (Å²) in [4.78, 5) is 0. The summed E-state index contributed by atoms with van der Waals surface area (Å²) in [7, 11) is 0. The first kappa shape index (κ1) is 7.97. The lowest BCUT2D eigenvalue weighted by atomic mass is 10.3. The number of benzene rings is 1. The lowest BCUT2D eigenvalue weighted by Crippen LogP contribution is -1.92. The highest BCUT2D eigenvalue weighted by Gasteiger charge is 1.90. The number of hydrogen-bond acceptors (Lipinski definition) is 1. The van der Waals surface area contributed by atoms with Crippen molar-refractivity contribution in [3.8, 4) is 18.1 Å². The second kappa shape index (κ2) is 3.90. The van der Waals surface area contributed by atoms with Gasteiger partial charge >= 0.3 is 0 Å². The average molecular weight is 166 g/mol. The van der Waals surface area contributed by atoms with E-state index in [4.69, 9.17) is 22.8 Å². The molecule has 1 aromatic rings. The third-order valence-electron chi connectivity index (χ3n) is 1.06. The molecular formula is C9H6ClO. The van der Waals surface area contributed by atoms with E-state index in [1.165, 1.54) is 0 Å². The van der Waals surface area contributed by atoms with E-state index >= 15 is 0 Å². The molecule has 0 bridgehead atoms. The van der Waals surface area contributed by atoms with E-state index in [1.54, 1.807) is 18.2 Å². The van der Waals surface area contributed by atoms with Gasteiger partial charge in [-0.1, -0.05) is 17.5 Å². The fraction of sp³-hybridized carbons (Fsp3) is 0.111. The van der Waals surface area contributed by atoms with Crippen molar-refractivity contribution in [2.75, 3.05) is 6.61 Å². The van der Waals surface area contributed by atoms with Gasteiger partial charge in [-0.05, 0) is 18.2 Å². The molecule has 0 fully saturated rings.